The average Bonchev–Trinajstić information content (AvgIpc) is 3.38. The predicted octanol–water partition coefficient (Wildman–Crippen LogP) is 4.49. The summed E-state index contributed by atoms with van der Waals surface area (Å²) in [4.78, 5) is 9.67. The fourth-order valence-corrected chi connectivity index (χ4v) is 3.92. The molecule has 0 saturated carbocycles. The van der Waals surface area contributed by atoms with Crippen LogP contribution in [0.4, 0.5) is 0 Å². The monoisotopic (exact) mass is 427 g/mol. The van der Waals surface area contributed by atoms with Crippen molar-refractivity contribution in [3.8, 4) is 28.6 Å². The normalized spacial score (nSPS) is 10.9. The first-order valence-corrected chi connectivity index (χ1v) is 9.87. The Balaban J connectivity index is 1.70. The van der Waals surface area contributed by atoms with Gasteiger partial charge in [-0.1, -0.05) is 23.4 Å². The van der Waals surface area contributed by atoms with Gasteiger partial charge in [-0.05, 0) is 18.2 Å². The van der Waals surface area contributed by atoms with E-state index in [0.29, 0.717) is 22.3 Å². The van der Waals surface area contributed by atoms with Crippen LogP contribution in [0.3, 0.4) is 0 Å². The smallest absolute Gasteiger partial charge is 0.172 e. The van der Waals surface area contributed by atoms with Crippen molar-refractivity contribution in [1.29, 1.82) is 0 Å². The Labute approximate surface area is 177 Å². The highest BCUT2D eigenvalue weighted by Gasteiger charge is 2.14. The molecule has 4 rings (SSSR count). The number of halogens is 1. The molecule has 2 aromatic heterocycles. The number of ether oxygens (including phenoxy) is 2. The van der Waals surface area contributed by atoms with Gasteiger partial charge in [-0.25, -0.2) is 14.6 Å². The van der Waals surface area contributed by atoms with E-state index in [1.165, 1.54) is 18.1 Å². The first-order chi connectivity index (χ1) is 14.1. The number of hydrogen-bond acceptors (Lipinski definition) is 6. The minimum atomic E-state index is 0.619. The molecule has 0 spiro atoms. The molecule has 148 valence electrons. The van der Waals surface area contributed by atoms with Gasteiger partial charge >= 0.3 is 0 Å². The topological polar surface area (TPSA) is 67.0 Å². The lowest BCUT2D eigenvalue weighted by atomic mass is 10.2. The number of aryl methyl sites for hydroxylation is 1. The van der Waals surface area contributed by atoms with Gasteiger partial charge in [0.2, 0.25) is 0 Å². The van der Waals surface area contributed by atoms with Crippen LogP contribution in [0.2, 0.25) is 5.02 Å². The highest BCUT2D eigenvalue weighted by Crippen LogP contribution is 2.35. The van der Waals surface area contributed by atoms with E-state index in [2.05, 4.69) is 15.1 Å². The fourth-order valence-electron chi connectivity index (χ4n) is 2.81. The molecule has 7 nitrogen and oxygen atoms in total. The Morgan fingerprint density at radius 1 is 1.00 bits per heavy atom. The Morgan fingerprint density at radius 3 is 2.38 bits per heavy atom. The molecule has 0 fully saturated rings. The summed E-state index contributed by atoms with van der Waals surface area (Å²) in [7, 11) is 5.17. The Kier molecular flexibility index (Phi) is 5.46. The summed E-state index contributed by atoms with van der Waals surface area (Å²) in [5.41, 5.74) is 1.62. The van der Waals surface area contributed by atoms with E-state index < -0.39 is 0 Å². The molecular formula is C20H18ClN5O2S. The zero-order chi connectivity index (χ0) is 20.4. The summed E-state index contributed by atoms with van der Waals surface area (Å²) in [5.74, 6) is 2.00. The van der Waals surface area contributed by atoms with E-state index >= 15 is 0 Å². The zero-order valence-electron chi connectivity index (χ0n) is 16.0. The van der Waals surface area contributed by atoms with E-state index in [1.54, 1.807) is 31.2 Å². The predicted molar refractivity (Wildman–Crippen MR) is 112 cm³/mol. The van der Waals surface area contributed by atoms with Crippen molar-refractivity contribution in [1.82, 2.24) is 24.3 Å². The molecule has 0 aliphatic heterocycles. The molecule has 0 amide bonds. The lowest BCUT2D eigenvalue weighted by Gasteiger charge is -2.11. The molecule has 29 heavy (non-hydrogen) atoms. The van der Waals surface area contributed by atoms with Gasteiger partial charge in [0.05, 0.1) is 24.9 Å². The largest absolute Gasteiger partial charge is 0.497 e. The number of benzene rings is 2. The summed E-state index contributed by atoms with van der Waals surface area (Å²) in [6.45, 7) is 0. The van der Waals surface area contributed by atoms with Crippen molar-refractivity contribution in [3.05, 3.63) is 60.1 Å². The highest BCUT2D eigenvalue weighted by atomic mass is 35.5. The van der Waals surface area contributed by atoms with E-state index in [1.807, 2.05) is 48.1 Å². The molecule has 0 aliphatic rings. The number of methoxy groups -OCH3 is 2. The maximum Gasteiger partial charge on any atom is 0.172 e. The first kappa shape index (κ1) is 19.4. The highest BCUT2D eigenvalue weighted by molar-refractivity contribution is 7.99. The Morgan fingerprint density at radius 2 is 1.76 bits per heavy atom. The SMILES string of the molecule is COc1cc(OC)cc(-n2ncnc2-c2ccc(Sc3nccn3C)c(Cl)c2)c1. The summed E-state index contributed by atoms with van der Waals surface area (Å²) >= 11 is 8.06. The average molecular weight is 428 g/mol. The lowest BCUT2D eigenvalue weighted by molar-refractivity contribution is 0.394. The molecule has 2 heterocycles. The molecule has 2 aromatic carbocycles. The van der Waals surface area contributed by atoms with Crippen LogP contribution in [0.1, 0.15) is 0 Å². The van der Waals surface area contributed by atoms with Crippen LogP contribution in [0.25, 0.3) is 17.1 Å². The van der Waals surface area contributed by atoms with Crippen LogP contribution < -0.4 is 9.47 Å². The molecule has 0 atom stereocenters. The van der Waals surface area contributed by atoms with Crippen molar-refractivity contribution in [2.45, 2.75) is 10.1 Å². The van der Waals surface area contributed by atoms with Gasteiger partial charge in [0.1, 0.15) is 17.8 Å². The lowest BCUT2D eigenvalue weighted by Crippen LogP contribution is -2.01. The Bertz CT molecular complexity index is 1140. The van der Waals surface area contributed by atoms with Gasteiger partial charge in [0.15, 0.2) is 11.0 Å². The van der Waals surface area contributed by atoms with E-state index in [9.17, 15) is 0 Å². The number of aromatic nitrogens is 5. The van der Waals surface area contributed by atoms with Gasteiger partial charge in [-0.15, -0.1) is 0 Å². The molecule has 9 heteroatoms. The van der Waals surface area contributed by atoms with E-state index in [-0.39, 0.29) is 0 Å². The molecule has 0 N–H and O–H groups in total. The molecule has 0 aliphatic carbocycles. The van der Waals surface area contributed by atoms with Crippen molar-refractivity contribution in [2.75, 3.05) is 14.2 Å². The van der Waals surface area contributed by atoms with Gasteiger partial charge in [-0.2, -0.15) is 5.10 Å². The van der Waals surface area contributed by atoms with Crippen LogP contribution >= 0.6 is 23.4 Å². The summed E-state index contributed by atoms with van der Waals surface area (Å²) in [6.07, 6.45) is 5.16. The van der Waals surface area contributed by atoms with Crippen LogP contribution in [-0.4, -0.2) is 38.5 Å². The third-order valence-electron chi connectivity index (χ3n) is 4.30. The zero-order valence-corrected chi connectivity index (χ0v) is 17.6. The molecule has 0 radical (unpaired) electrons. The minimum absolute atomic E-state index is 0.619. The summed E-state index contributed by atoms with van der Waals surface area (Å²) in [6, 6.07) is 11.4. The number of rotatable bonds is 6. The number of hydrogen-bond donors (Lipinski definition) is 0. The van der Waals surface area contributed by atoms with Gasteiger partial charge in [0, 0.05) is 48.1 Å². The quantitative estimate of drug-likeness (QED) is 0.451. The maximum absolute atomic E-state index is 6.55. The van der Waals surface area contributed by atoms with Crippen molar-refractivity contribution in [2.24, 2.45) is 7.05 Å². The third-order valence-corrected chi connectivity index (χ3v) is 5.87. The second-order valence-electron chi connectivity index (χ2n) is 6.13. The summed E-state index contributed by atoms with van der Waals surface area (Å²) in [5, 5.41) is 5.86. The second kappa shape index (κ2) is 8.18. The molecule has 0 unspecified atom stereocenters. The molecule has 4 aromatic rings. The molecule has 0 bridgehead atoms. The van der Waals surface area contributed by atoms with Gasteiger partial charge in [-0.3, -0.25) is 0 Å². The van der Waals surface area contributed by atoms with E-state index in [0.717, 1.165) is 21.3 Å². The van der Waals surface area contributed by atoms with Crippen molar-refractivity contribution < 1.29 is 9.47 Å². The van der Waals surface area contributed by atoms with Crippen LogP contribution in [0.15, 0.2) is 65.2 Å². The fraction of sp³-hybridized carbons (Fsp3) is 0.150. The maximum atomic E-state index is 6.55. The minimum Gasteiger partial charge on any atom is -0.497 e. The van der Waals surface area contributed by atoms with Gasteiger partial charge < -0.3 is 14.0 Å². The van der Waals surface area contributed by atoms with Gasteiger partial charge in [0.25, 0.3) is 0 Å². The first-order valence-electron chi connectivity index (χ1n) is 8.67. The van der Waals surface area contributed by atoms with Crippen LogP contribution in [0.5, 0.6) is 11.5 Å². The third kappa shape index (κ3) is 3.94. The van der Waals surface area contributed by atoms with Crippen LogP contribution in [0, 0.1) is 0 Å². The number of nitrogens with zero attached hydrogens (tertiary/aromatic N) is 5. The Hall–Kier alpha value is -2.97. The molecule has 0 saturated heterocycles. The molecular weight excluding hydrogens is 410 g/mol. The standard InChI is InChI=1S/C20H18ClN5O2S/c1-25-7-6-22-20(25)29-18-5-4-13(8-17(18)21)19-23-12-24-26(19)14-9-15(27-2)11-16(10-14)28-3/h4-12H,1-3H3. The number of imidazole rings is 1. The summed E-state index contributed by atoms with van der Waals surface area (Å²) < 4.78 is 14.4. The second-order valence-corrected chi connectivity index (χ2v) is 7.55. The van der Waals surface area contributed by atoms with Crippen molar-refractivity contribution >= 4 is 23.4 Å². The van der Waals surface area contributed by atoms with Crippen LogP contribution in [-0.2, 0) is 7.05 Å². The van der Waals surface area contributed by atoms with Crippen molar-refractivity contribution in [3.63, 3.8) is 0 Å². The van der Waals surface area contributed by atoms with E-state index in [4.69, 9.17) is 21.1 Å².